The molecule has 2 atom stereocenters. The lowest BCUT2D eigenvalue weighted by Crippen LogP contribution is -2.47. The van der Waals surface area contributed by atoms with Crippen molar-refractivity contribution in [1.29, 1.82) is 0 Å². The molecule has 3 saturated heterocycles. The summed E-state index contributed by atoms with van der Waals surface area (Å²) in [5.74, 6) is 1.09. The number of benzene rings is 2. The molecule has 6 heterocycles. The number of piperidine rings is 2. The lowest BCUT2D eigenvalue weighted by atomic mass is 10.0. The molecule has 3 aromatic heterocycles. The molecule has 8 rings (SSSR count). The van der Waals surface area contributed by atoms with Crippen LogP contribution in [-0.4, -0.2) is 75.1 Å². The van der Waals surface area contributed by atoms with Gasteiger partial charge in [0.2, 0.25) is 11.8 Å². The van der Waals surface area contributed by atoms with Crippen molar-refractivity contribution in [3.63, 3.8) is 0 Å². The van der Waals surface area contributed by atoms with Crippen molar-refractivity contribution in [2.75, 3.05) is 41.8 Å². The van der Waals surface area contributed by atoms with Gasteiger partial charge in [0.25, 0.3) is 0 Å². The molecular weight excluding hydrogens is 645 g/mol. The highest BCUT2D eigenvalue weighted by molar-refractivity contribution is 6.01. The summed E-state index contributed by atoms with van der Waals surface area (Å²) in [6, 6.07) is 25.3. The zero-order valence-corrected chi connectivity index (χ0v) is 28.7. The fourth-order valence-electron chi connectivity index (χ4n) is 7.78. The van der Waals surface area contributed by atoms with Gasteiger partial charge in [-0.2, -0.15) is 0 Å². The second kappa shape index (κ2) is 14.1. The van der Waals surface area contributed by atoms with Gasteiger partial charge < -0.3 is 15.1 Å². The van der Waals surface area contributed by atoms with Crippen LogP contribution in [0.2, 0.25) is 0 Å². The van der Waals surface area contributed by atoms with Gasteiger partial charge in [0, 0.05) is 44.3 Å². The first-order chi connectivity index (χ1) is 24.9. The standard InChI is InChI=1S/C39H42FN9O2/c1-46(25-26-6-2-9-29(22-26)42-32-13-16-38(50)44-39(32)51)30-17-20-47(21-18-30)36-12-4-10-31(43-36)34-24-41-35-14-15-37(45-49(34)35)48-19-5-11-33(48)27-7-3-8-28(40)23-27/h2-4,6-10,12,14-15,22-24,30,32-33,42H,5,11,13,16-21,25H2,1H3,(H,44,50,51)/t32?,33-/m1/s1. The van der Waals surface area contributed by atoms with Gasteiger partial charge >= 0.3 is 0 Å². The zero-order chi connectivity index (χ0) is 34.9. The molecular formula is C39H42FN9O2. The fraction of sp³-hybridized carbons (Fsp3) is 0.359. The molecule has 51 heavy (non-hydrogen) atoms. The summed E-state index contributed by atoms with van der Waals surface area (Å²) >= 11 is 0. The van der Waals surface area contributed by atoms with E-state index in [1.807, 2.05) is 47.1 Å². The summed E-state index contributed by atoms with van der Waals surface area (Å²) < 4.78 is 15.9. The van der Waals surface area contributed by atoms with Crippen molar-refractivity contribution >= 4 is 34.8 Å². The quantitative estimate of drug-likeness (QED) is 0.192. The first-order valence-electron chi connectivity index (χ1n) is 17.9. The number of halogens is 1. The average Bonchev–Trinajstić information content (AvgIpc) is 3.81. The third-order valence-electron chi connectivity index (χ3n) is 10.5. The third kappa shape index (κ3) is 7.01. The predicted octanol–water partition coefficient (Wildman–Crippen LogP) is 5.59. The second-order valence-corrected chi connectivity index (χ2v) is 13.9. The van der Waals surface area contributed by atoms with Crippen LogP contribution in [0.25, 0.3) is 17.0 Å². The number of nitrogens with one attached hydrogen (secondary N) is 2. The van der Waals surface area contributed by atoms with Crippen molar-refractivity contribution in [3.05, 3.63) is 102 Å². The normalized spacial score (nSPS) is 20.0. The SMILES string of the molecule is CN(Cc1cccc(NC2CCC(=O)NC2=O)c1)C1CCN(c2cccc(-c3cnc4ccc(N5CCC[C@@H]5c5cccc(F)c5)nn34)n2)CC1. The summed E-state index contributed by atoms with van der Waals surface area (Å²) in [5, 5.41) is 10.7. The maximum Gasteiger partial charge on any atom is 0.249 e. The van der Waals surface area contributed by atoms with E-state index < -0.39 is 6.04 Å². The van der Waals surface area contributed by atoms with Gasteiger partial charge in [0.05, 0.1) is 17.9 Å². The third-order valence-corrected chi connectivity index (χ3v) is 10.5. The van der Waals surface area contributed by atoms with Gasteiger partial charge in [-0.15, -0.1) is 5.10 Å². The molecule has 2 amide bonds. The van der Waals surface area contributed by atoms with Crippen LogP contribution < -0.4 is 20.4 Å². The predicted molar refractivity (Wildman–Crippen MR) is 195 cm³/mol. The highest BCUT2D eigenvalue weighted by Gasteiger charge is 2.29. The monoisotopic (exact) mass is 687 g/mol. The van der Waals surface area contributed by atoms with Gasteiger partial charge in [-0.3, -0.25) is 19.8 Å². The Labute approximate surface area is 296 Å². The number of hydrogen-bond acceptors (Lipinski definition) is 9. The van der Waals surface area contributed by atoms with Gasteiger partial charge in [-0.1, -0.05) is 30.3 Å². The summed E-state index contributed by atoms with van der Waals surface area (Å²) in [4.78, 5) is 40.5. The van der Waals surface area contributed by atoms with Crippen LogP contribution in [-0.2, 0) is 16.1 Å². The van der Waals surface area contributed by atoms with Gasteiger partial charge in [0.15, 0.2) is 5.65 Å². The van der Waals surface area contributed by atoms with Gasteiger partial charge in [-0.05, 0) is 98.8 Å². The molecule has 1 unspecified atom stereocenters. The van der Waals surface area contributed by atoms with Crippen molar-refractivity contribution in [2.24, 2.45) is 0 Å². The van der Waals surface area contributed by atoms with E-state index in [0.717, 1.165) is 91.8 Å². The van der Waals surface area contributed by atoms with E-state index in [2.05, 4.69) is 61.6 Å². The lowest BCUT2D eigenvalue weighted by Gasteiger charge is -2.37. The minimum absolute atomic E-state index is 0.0770. The fourth-order valence-corrected chi connectivity index (χ4v) is 7.78. The number of amides is 2. The average molecular weight is 688 g/mol. The molecule has 5 aromatic rings. The number of hydrogen-bond donors (Lipinski definition) is 2. The van der Waals surface area contributed by atoms with Crippen LogP contribution in [0, 0.1) is 5.82 Å². The summed E-state index contributed by atoms with van der Waals surface area (Å²) in [6.07, 6.45) is 6.68. The van der Waals surface area contributed by atoms with E-state index in [1.165, 1.54) is 11.6 Å². The van der Waals surface area contributed by atoms with Crippen LogP contribution in [0.4, 0.5) is 21.7 Å². The highest BCUT2D eigenvalue weighted by Crippen LogP contribution is 2.36. The van der Waals surface area contributed by atoms with Crippen molar-refractivity contribution in [2.45, 2.75) is 63.2 Å². The number of carbonyl (C=O) groups excluding carboxylic acids is 2. The zero-order valence-electron chi connectivity index (χ0n) is 28.7. The minimum atomic E-state index is -0.399. The molecule has 0 saturated carbocycles. The number of fused-ring (bicyclic) bond motifs is 1. The Morgan fingerprint density at radius 2 is 1.76 bits per heavy atom. The topological polar surface area (TPSA) is 111 Å². The Balaban J connectivity index is 0.917. The smallest absolute Gasteiger partial charge is 0.249 e. The molecule has 3 aliphatic rings. The van der Waals surface area contributed by atoms with E-state index in [0.29, 0.717) is 18.9 Å². The van der Waals surface area contributed by atoms with Crippen LogP contribution in [0.15, 0.2) is 85.1 Å². The van der Waals surface area contributed by atoms with Crippen LogP contribution in [0.3, 0.4) is 0 Å². The Morgan fingerprint density at radius 3 is 2.61 bits per heavy atom. The van der Waals surface area contributed by atoms with Crippen molar-refractivity contribution in [1.82, 2.24) is 29.8 Å². The minimum Gasteiger partial charge on any atom is -0.374 e. The number of anilines is 3. The van der Waals surface area contributed by atoms with E-state index in [4.69, 9.17) is 10.1 Å². The Kier molecular flexibility index (Phi) is 9.08. The van der Waals surface area contributed by atoms with E-state index in [-0.39, 0.29) is 23.7 Å². The number of imide groups is 1. The van der Waals surface area contributed by atoms with E-state index in [1.54, 1.807) is 12.1 Å². The van der Waals surface area contributed by atoms with Crippen molar-refractivity contribution < 1.29 is 14.0 Å². The summed E-state index contributed by atoms with van der Waals surface area (Å²) in [6.45, 7) is 3.45. The van der Waals surface area contributed by atoms with Crippen LogP contribution in [0.1, 0.15) is 55.7 Å². The molecule has 262 valence electrons. The number of aromatic nitrogens is 4. The van der Waals surface area contributed by atoms with Crippen molar-refractivity contribution in [3.8, 4) is 11.4 Å². The summed E-state index contributed by atoms with van der Waals surface area (Å²) in [5.41, 5.74) is 5.43. The van der Waals surface area contributed by atoms with Crippen LogP contribution >= 0.6 is 0 Å². The second-order valence-electron chi connectivity index (χ2n) is 13.9. The number of imidazole rings is 1. The Bertz CT molecular complexity index is 2060. The summed E-state index contributed by atoms with van der Waals surface area (Å²) in [7, 11) is 2.17. The van der Waals surface area contributed by atoms with Gasteiger partial charge in [0.1, 0.15) is 29.2 Å². The van der Waals surface area contributed by atoms with E-state index in [9.17, 15) is 14.0 Å². The Morgan fingerprint density at radius 1 is 0.922 bits per heavy atom. The molecule has 0 bridgehead atoms. The molecule has 3 aliphatic heterocycles. The number of pyridine rings is 1. The first-order valence-corrected chi connectivity index (χ1v) is 17.9. The highest BCUT2D eigenvalue weighted by atomic mass is 19.1. The lowest BCUT2D eigenvalue weighted by molar-refractivity contribution is -0.133. The molecule has 0 radical (unpaired) electrons. The molecule has 2 N–H and O–H groups in total. The number of nitrogens with zero attached hydrogens (tertiary/aromatic N) is 7. The molecule has 11 nitrogen and oxygen atoms in total. The Hall–Kier alpha value is -5.36. The number of carbonyl (C=O) groups is 2. The molecule has 0 spiro atoms. The molecule has 0 aliphatic carbocycles. The maximum absolute atomic E-state index is 14.1. The number of rotatable bonds is 9. The molecule has 2 aromatic carbocycles. The molecule has 12 heteroatoms. The van der Waals surface area contributed by atoms with Gasteiger partial charge in [-0.25, -0.2) is 18.9 Å². The largest absolute Gasteiger partial charge is 0.374 e. The first kappa shape index (κ1) is 32.8. The van der Waals surface area contributed by atoms with E-state index >= 15 is 0 Å². The molecule has 3 fully saturated rings. The van der Waals surface area contributed by atoms with Crippen LogP contribution in [0.5, 0.6) is 0 Å². The maximum atomic E-state index is 14.1.